The third-order valence-electron chi connectivity index (χ3n) is 8.40. The first-order valence-corrected chi connectivity index (χ1v) is 13.7. The Labute approximate surface area is 230 Å². The van der Waals surface area contributed by atoms with Crippen LogP contribution in [0.4, 0.5) is 0 Å². The lowest BCUT2D eigenvalue weighted by molar-refractivity contribution is 0.665. The predicted octanol–water partition coefficient (Wildman–Crippen LogP) is 10.1. The van der Waals surface area contributed by atoms with Crippen molar-refractivity contribution in [3.05, 3.63) is 133 Å². The number of rotatable bonds is 2. The van der Waals surface area contributed by atoms with Crippen LogP contribution in [0.2, 0.25) is 0 Å². The molecule has 0 saturated carbocycles. The maximum absolute atomic E-state index is 6.25. The summed E-state index contributed by atoms with van der Waals surface area (Å²) in [5.41, 5.74) is 10.2. The molecule has 188 valence electrons. The SMILES string of the molecule is Cc1cc(-n2c3ccccc3c3cc(-n4c5ccccc5c5ccccc54)ccc32)cc2c1oc1ccccc12. The van der Waals surface area contributed by atoms with Crippen LogP contribution in [0, 0.1) is 6.92 Å². The summed E-state index contributed by atoms with van der Waals surface area (Å²) in [6.45, 7) is 2.14. The topological polar surface area (TPSA) is 23.0 Å². The Kier molecular flexibility index (Phi) is 4.26. The second-order valence-corrected chi connectivity index (χ2v) is 10.7. The summed E-state index contributed by atoms with van der Waals surface area (Å²) in [6, 6.07) is 45.8. The van der Waals surface area contributed by atoms with Crippen molar-refractivity contribution < 1.29 is 4.42 Å². The van der Waals surface area contributed by atoms with Gasteiger partial charge < -0.3 is 13.6 Å². The Morgan fingerprint density at radius 1 is 0.425 bits per heavy atom. The quantitative estimate of drug-likeness (QED) is 0.226. The zero-order chi connectivity index (χ0) is 26.4. The first kappa shape index (κ1) is 21.6. The van der Waals surface area contributed by atoms with E-state index in [4.69, 9.17) is 4.42 Å². The van der Waals surface area contributed by atoms with Crippen LogP contribution in [0.3, 0.4) is 0 Å². The molecule has 0 amide bonds. The first-order valence-electron chi connectivity index (χ1n) is 13.7. The van der Waals surface area contributed by atoms with Gasteiger partial charge in [0.15, 0.2) is 0 Å². The monoisotopic (exact) mass is 512 g/mol. The van der Waals surface area contributed by atoms with Crippen LogP contribution in [0.5, 0.6) is 0 Å². The van der Waals surface area contributed by atoms with Crippen molar-refractivity contribution in [1.29, 1.82) is 0 Å². The largest absolute Gasteiger partial charge is 0.456 e. The van der Waals surface area contributed by atoms with Crippen LogP contribution < -0.4 is 0 Å². The number of para-hydroxylation sites is 4. The molecule has 0 fully saturated rings. The highest BCUT2D eigenvalue weighted by atomic mass is 16.3. The van der Waals surface area contributed by atoms with Crippen molar-refractivity contribution in [1.82, 2.24) is 9.13 Å². The van der Waals surface area contributed by atoms with Crippen molar-refractivity contribution >= 4 is 65.6 Å². The number of nitrogens with zero attached hydrogens (tertiary/aromatic N) is 2. The van der Waals surface area contributed by atoms with Crippen molar-refractivity contribution in [3.8, 4) is 11.4 Å². The molecule has 3 aromatic heterocycles. The number of benzene rings is 6. The molecule has 0 radical (unpaired) electrons. The second kappa shape index (κ2) is 7.87. The predicted molar refractivity (Wildman–Crippen MR) is 167 cm³/mol. The summed E-state index contributed by atoms with van der Waals surface area (Å²) in [4.78, 5) is 0. The van der Waals surface area contributed by atoms with Gasteiger partial charge in [0.2, 0.25) is 0 Å². The fraction of sp³-hybridized carbons (Fsp3) is 0.0270. The van der Waals surface area contributed by atoms with Gasteiger partial charge in [0.05, 0.1) is 22.1 Å². The summed E-state index contributed by atoms with van der Waals surface area (Å²) >= 11 is 0. The molecular weight excluding hydrogens is 488 g/mol. The molecule has 3 nitrogen and oxygen atoms in total. The van der Waals surface area contributed by atoms with Gasteiger partial charge in [-0.25, -0.2) is 0 Å². The van der Waals surface area contributed by atoms with E-state index in [9.17, 15) is 0 Å². The van der Waals surface area contributed by atoms with E-state index >= 15 is 0 Å². The molecule has 0 spiro atoms. The molecule has 0 N–H and O–H groups in total. The minimum absolute atomic E-state index is 0.927. The van der Waals surface area contributed by atoms with Crippen LogP contribution in [-0.2, 0) is 0 Å². The van der Waals surface area contributed by atoms with Crippen LogP contribution in [0.25, 0.3) is 76.9 Å². The summed E-state index contributed by atoms with van der Waals surface area (Å²) in [7, 11) is 0. The number of aromatic nitrogens is 2. The van der Waals surface area contributed by atoms with Crippen molar-refractivity contribution in [2.75, 3.05) is 0 Å². The molecule has 0 aliphatic carbocycles. The van der Waals surface area contributed by atoms with Gasteiger partial charge >= 0.3 is 0 Å². The van der Waals surface area contributed by atoms with Gasteiger partial charge in [0.25, 0.3) is 0 Å². The van der Waals surface area contributed by atoms with E-state index in [2.05, 4.69) is 131 Å². The highest BCUT2D eigenvalue weighted by Crippen LogP contribution is 2.39. The molecule has 0 saturated heterocycles. The van der Waals surface area contributed by atoms with Crippen LogP contribution in [0.1, 0.15) is 5.56 Å². The standard InChI is InChI=1S/C37H24N2O/c1-23-20-25(22-31-29-13-5-9-17-36(29)40-37(23)31)39-34-16-8-4-12-28(34)30-21-24(18-19-35(30)39)38-32-14-6-2-10-26(32)27-11-3-7-15-33(27)38/h2-22H,1H3. The van der Waals surface area contributed by atoms with Gasteiger partial charge in [0, 0.05) is 43.7 Å². The summed E-state index contributed by atoms with van der Waals surface area (Å²) in [6.07, 6.45) is 0. The molecule has 0 atom stereocenters. The normalized spacial score (nSPS) is 12.1. The third-order valence-corrected chi connectivity index (χ3v) is 8.40. The molecule has 40 heavy (non-hydrogen) atoms. The molecule has 9 rings (SSSR count). The molecule has 0 unspecified atom stereocenters. The zero-order valence-corrected chi connectivity index (χ0v) is 21.9. The average molecular weight is 513 g/mol. The van der Waals surface area contributed by atoms with Crippen molar-refractivity contribution in [3.63, 3.8) is 0 Å². The van der Waals surface area contributed by atoms with Gasteiger partial charge in [0.1, 0.15) is 11.2 Å². The van der Waals surface area contributed by atoms with E-state index in [0.717, 1.165) is 33.2 Å². The Balaban J connectivity index is 1.35. The van der Waals surface area contributed by atoms with Crippen LogP contribution in [0.15, 0.2) is 132 Å². The molecule has 3 heterocycles. The van der Waals surface area contributed by atoms with E-state index < -0.39 is 0 Å². The lowest BCUT2D eigenvalue weighted by atomic mass is 10.1. The first-order chi connectivity index (χ1) is 19.8. The van der Waals surface area contributed by atoms with Crippen LogP contribution in [-0.4, -0.2) is 9.13 Å². The Morgan fingerprint density at radius 2 is 0.925 bits per heavy atom. The van der Waals surface area contributed by atoms with Gasteiger partial charge in [-0.3, -0.25) is 0 Å². The maximum Gasteiger partial charge on any atom is 0.138 e. The van der Waals surface area contributed by atoms with Crippen molar-refractivity contribution in [2.24, 2.45) is 0 Å². The summed E-state index contributed by atoms with van der Waals surface area (Å²) in [5.74, 6) is 0. The highest BCUT2D eigenvalue weighted by molar-refractivity contribution is 6.13. The number of hydrogen-bond acceptors (Lipinski definition) is 1. The van der Waals surface area contributed by atoms with Gasteiger partial charge in [-0.1, -0.05) is 72.8 Å². The minimum Gasteiger partial charge on any atom is -0.456 e. The van der Waals surface area contributed by atoms with E-state index in [1.54, 1.807) is 0 Å². The molecule has 9 aromatic rings. The van der Waals surface area contributed by atoms with E-state index in [0.29, 0.717) is 0 Å². The van der Waals surface area contributed by atoms with E-state index in [1.807, 2.05) is 12.1 Å². The minimum atomic E-state index is 0.927. The van der Waals surface area contributed by atoms with Gasteiger partial charge in [-0.15, -0.1) is 0 Å². The molecule has 0 aliphatic rings. The zero-order valence-electron chi connectivity index (χ0n) is 21.9. The summed E-state index contributed by atoms with van der Waals surface area (Å²) in [5, 5.41) is 7.34. The average Bonchev–Trinajstić information content (AvgIpc) is 3.65. The molecule has 0 aliphatic heterocycles. The highest BCUT2D eigenvalue weighted by Gasteiger charge is 2.18. The Bertz CT molecular complexity index is 2400. The lowest BCUT2D eigenvalue weighted by Gasteiger charge is -2.11. The van der Waals surface area contributed by atoms with Gasteiger partial charge in [-0.2, -0.15) is 0 Å². The Morgan fingerprint density at radius 3 is 1.60 bits per heavy atom. The number of hydrogen-bond donors (Lipinski definition) is 0. The molecule has 3 heteroatoms. The van der Waals surface area contributed by atoms with Crippen LogP contribution >= 0.6 is 0 Å². The van der Waals surface area contributed by atoms with E-state index in [1.165, 1.54) is 49.3 Å². The smallest absolute Gasteiger partial charge is 0.138 e. The number of aryl methyl sites for hydroxylation is 1. The molecule has 0 bridgehead atoms. The summed E-state index contributed by atoms with van der Waals surface area (Å²) < 4.78 is 11.0. The van der Waals surface area contributed by atoms with Gasteiger partial charge in [-0.05, 0) is 67.1 Å². The van der Waals surface area contributed by atoms with E-state index in [-0.39, 0.29) is 0 Å². The number of fused-ring (bicyclic) bond motifs is 9. The number of furan rings is 1. The fourth-order valence-electron chi connectivity index (χ4n) is 6.69. The molecule has 6 aromatic carbocycles. The fourth-order valence-corrected chi connectivity index (χ4v) is 6.69. The van der Waals surface area contributed by atoms with Crippen molar-refractivity contribution in [2.45, 2.75) is 6.92 Å². The molecular formula is C37H24N2O. The Hall–Kier alpha value is -5.28. The second-order valence-electron chi connectivity index (χ2n) is 10.7. The lowest BCUT2D eigenvalue weighted by Crippen LogP contribution is -1.96. The third kappa shape index (κ3) is 2.84. The maximum atomic E-state index is 6.25.